The van der Waals surface area contributed by atoms with Crippen LogP contribution >= 0.6 is 0 Å². The topological polar surface area (TPSA) is 119 Å². The van der Waals surface area contributed by atoms with Gasteiger partial charge >= 0.3 is 5.22 Å². The normalized spacial score (nSPS) is 12.4. The molecule has 0 bridgehead atoms. The molecule has 2 rings (SSSR count). The standard InChI is InChI=1S/C13H17N3O5S2/c1-22(17,18)13-16-15-12(21-13)8-5-9-14-23(19,20)10-11-6-3-2-4-7-11/h2-4,6-7,14H,5,8-10H2,1H3. The van der Waals surface area contributed by atoms with Gasteiger partial charge in [0.2, 0.25) is 25.8 Å². The summed E-state index contributed by atoms with van der Waals surface area (Å²) in [4.78, 5) is 0. The molecule has 8 nitrogen and oxygen atoms in total. The number of aromatic nitrogens is 2. The van der Waals surface area contributed by atoms with E-state index in [2.05, 4.69) is 14.9 Å². The maximum absolute atomic E-state index is 11.9. The Kier molecular flexibility index (Phi) is 5.50. The largest absolute Gasteiger partial charge is 0.413 e. The van der Waals surface area contributed by atoms with Gasteiger partial charge in [-0.2, -0.15) is 0 Å². The molecule has 1 aromatic heterocycles. The Labute approximate surface area is 134 Å². The number of sulfone groups is 1. The van der Waals surface area contributed by atoms with E-state index in [1.165, 1.54) is 0 Å². The van der Waals surface area contributed by atoms with Crippen LogP contribution in [0, 0.1) is 0 Å². The second kappa shape index (κ2) is 7.20. The Morgan fingerprint density at radius 3 is 2.39 bits per heavy atom. The maximum Gasteiger partial charge on any atom is 0.335 e. The van der Waals surface area contributed by atoms with E-state index < -0.39 is 25.1 Å². The predicted molar refractivity (Wildman–Crippen MR) is 82.8 cm³/mol. The average Bonchev–Trinajstić information content (AvgIpc) is 2.93. The van der Waals surface area contributed by atoms with Gasteiger partial charge in [-0.1, -0.05) is 35.4 Å². The first-order chi connectivity index (χ1) is 10.8. The second-order valence-corrected chi connectivity index (χ2v) is 8.68. The third-order valence-corrected chi connectivity index (χ3v) is 5.01. The molecular weight excluding hydrogens is 342 g/mol. The number of nitrogens with one attached hydrogen (secondary N) is 1. The summed E-state index contributed by atoms with van der Waals surface area (Å²) in [5, 5.41) is 6.61. The van der Waals surface area contributed by atoms with E-state index in [1.54, 1.807) is 24.3 Å². The summed E-state index contributed by atoms with van der Waals surface area (Å²) in [6, 6.07) is 8.85. The molecule has 23 heavy (non-hydrogen) atoms. The molecule has 0 amide bonds. The van der Waals surface area contributed by atoms with Crippen LogP contribution in [0.5, 0.6) is 0 Å². The minimum absolute atomic E-state index is 0.0907. The summed E-state index contributed by atoms with van der Waals surface area (Å²) in [5.41, 5.74) is 0.703. The van der Waals surface area contributed by atoms with Gasteiger partial charge in [0.25, 0.3) is 0 Å². The monoisotopic (exact) mass is 359 g/mol. The second-order valence-electron chi connectivity index (χ2n) is 4.98. The summed E-state index contributed by atoms with van der Waals surface area (Å²) < 4.78 is 53.7. The molecule has 10 heteroatoms. The van der Waals surface area contributed by atoms with Crippen LogP contribution in [-0.4, -0.2) is 39.8 Å². The fourth-order valence-corrected chi connectivity index (χ4v) is 3.43. The molecule has 0 saturated heterocycles. The molecule has 0 aliphatic carbocycles. The SMILES string of the molecule is CS(=O)(=O)c1nnc(CCCNS(=O)(=O)Cc2ccccc2)o1. The average molecular weight is 359 g/mol. The van der Waals surface area contributed by atoms with Crippen LogP contribution in [0.25, 0.3) is 0 Å². The molecule has 0 aliphatic rings. The summed E-state index contributed by atoms with van der Waals surface area (Å²) in [6.07, 6.45) is 1.68. The lowest BCUT2D eigenvalue weighted by molar-refractivity contribution is 0.394. The Hall–Kier alpha value is -1.78. The Morgan fingerprint density at radius 2 is 1.78 bits per heavy atom. The summed E-state index contributed by atoms with van der Waals surface area (Å²) in [5.74, 6) is 0.0692. The van der Waals surface area contributed by atoms with E-state index >= 15 is 0 Å². The van der Waals surface area contributed by atoms with E-state index in [1.807, 2.05) is 6.07 Å². The van der Waals surface area contributed by atoms with Crippen LogP contribution in [-0.2, 0) is 32.0 Å². The molecule has 0 saturated carbocycles. The minimum atomic E-state index is -3.52. The molecular formula is C13H17N3O5S2. The van der Waals surface area contributed by atoms with Crippen LogP contribution in [0.4, 0.5) is 0 Å². The lowest BCUT2D eigenvalue weighted by Gasteiger charge is -2.05. The van der Waals surface area contributed by atoms with Gasteiger partial charge in [-0.3, -0.25) is 0 Å². The highest BCUT2D eigenvalue weighted by Gasteiger charge is 2.16. The van der Waals surface area contributed by atoms with Crippen molar-refractivity contribution in [1.82, 2.24) is 14.9 Å². The zero-order chi connectivity index (χ0) is 16.9. The van der Waals surface area contributed by atoms with Crippen molar-refractivity contribution in [2.24, 2.45) is 0 Å². The van der Waals surface area contributed by atoms with Crippen LogP contribution in [0.15, 0.2) is 40.0 Å². The number of sulfonamides is 1. The lowest BCUT2D eigenvalue weighted by Crippen LogP contribution is -2.26. The Bertz CT molecular complexity index is 845. The van der Waals surface area contributed by atoms with Crippen molar-refractivity contribution in [2.75, 3.05) is 12.8 Å². The first-order valence-electron chi connectivity index (χ1n) is 6.80. The lowest BCUT2D eigenvalue weighted by atomic mass is 10.2. The van der Waals surface area contributed by atoms with Crippen molar-refractivity contribution in [3.05, 3.63) is 41.8 Å². The summed E-state index contributed by atoms with van der Waals surface area (Å²) in [7, 11) is -6.94. The fraction of sp³-hybridized carbons (Fsp3) is 0.385. The van der Waals surface area contributed by atoms with E-state index in [4.69, 9.17) is 4.42 Å². The van der Waals surface area contributed by atoms with Crippen LogP contribution in [0.3, 0.4) is 0 Å². The van der Waals surface area contributed by atoms with E-state index in [9.17, 15) is 16.8 Å². The van der Waals surface area contributed by atoms with Gasteiger partial charge in [-0.05, 0) is 12.0 Å². The number of rotatable bonds is 8. The van der Waals surface area contributed by atoms with Gasteiger partial charge < -0.3 is 4.42 Å². The number of nitrogens with zero attached hydrogens (tertiary/aromatic N) is 2. The first kappa shape index (κ1) is 17.6. The van der Waals surface area contributed by atoms with Crippen molar-refractivity contribution >= 4 is 19.9 Å². The highest BCUT2D eigenvalue weighted by Crippen LogP contribution is 2.08. The van der Waals surface area contributed by atoms with E-state index in [0.29, 0.717) is 12.0 Å². The quantitative estimate of drug-likeness (QED) is 0.683. The number of hydrogen-bond acceptors (Lipinski definition) is 7. The zero-order valence-corrected chi connectivity index (χ0v) is 14.1. The number of hydrogen-bond donors (Lipinski definition) is 1. The van der Waals surface area contributed by atoms with Crippen molar-refractivity contribution in [3.8, 4) is 0 Å². The van der Waals surface area contributed by atoms with Crippen molar-refractivity contribution < 1.29 is 21.3 Å². The maximum atomic E-state index is 11.9. The molecule has 0 radical (unpaired) electrons. The van der Waals surface area contributed by atoms with E-state index in [0.717, 1.165) is 6.26 Å². The molecule has 1 N–H and O–H groups in total. The molecule has 126 valence electrons. The highest BCUT2D eigenvalue weighted by molar-refractivity contribution is 7.90. The van der Waals surface area contributed by atoms with Gasteiger partial charge in [0.15, 0.2) is 0 Å². The molecule has 0 unspecified atom stereocenters. The van der Waals surface area contributed by atoms with Crippen molar-refractivity contribution in [1.29, 1.82) is 0 Å². The van der Waals surface area contributed by atoms with Gasteiger partial charge in [-0.15, -0.1) is 5.10 Å². The molecule has 0 fully saturated rings. The summed E-state index contributed by atoms with van der Waals surface area (Å²) in [6.45, 7) is 0.200. The van der Waals surface area contributed by atoms with E-state index in [-0.39, 0.29) is 24.6 Å². The molecule has 2 aromatic rings. The Balaban J connectivity index is 1.80. The summed E-state index contributed by atoms with van der Waals surface area (Å²) >= 11 is 0. The first-order valence-corrected chi connectivity index (χ1v) is 10.3. The third-order valence-electron chi connectivity index (χ3n) is 2.85. The van der Waals surface area contributed by atoms with Gasteiger partial charge in [-0.25, -0.2) is 21.6 Å². The van der Waals surface area contributed by atoms with Crippen LogP contribution < -0.4 is 4.72 Å². The predicted octanol–water partition coefficient (Wildman–Crippen LogP) is 0.525. The van der Waals surface area contributed by atoms with Gasteiger partial charge in [0.1, 0.15) is 0 Å². The fourth-order valence-electron chi connectivity index (χ4n) is 1.80. The zero-order valence-electron chi connectivity index (χ0n) is 12.5. The van der Waals surface area contributed by atoms with Crippen LogP contribution in [0.2, 0.25) is 0 Å². The molecule has 0 aliphatic heterocycles. The van der Waals surface area contributed by atoms with Crippen molar-refractivity contribution in [2.45, 2.75) is 23.8 Å². The number of benzene rings is 1. The smallest absolute Gasteiger partial charge is 0.335 e. The molecule has 1 aromatic carbocycles. The number of aryl methyl sites for hydroxylation is 1. The van der Waals surface area contributed by atoms with Gasteiger partial charge in [0, 0.05) is 19.2 Å². The van der Waals surface area contributed by atoms with Gasteiger partial charge in [0.05, 0.1) is 5.75 Å². The molecule has 1 heterocycles. The Morgan fingerprint density at radius 1 is 1.09 bits per heavy atom. The highest BCUT2D eigenvalue weighted by atomic mass is 32.2. The molecule has 0 spiro atoms. The van der Waals surface area contributed by atoms with Crippen molar-refractivity contribution in [3.63, 3.8) is 0 Å². The molecule has 0 atom stereocenters. The third kappa shape index (κ3) is 5.73. The minimum Gasteiger partial charge on any atom is -0.413 e. The van der Waals surface area contributed by atoms with Crippen LogP contribution in [0.1, 0.15) is 17.9 Å².